The lowest BCUT2D eigenvalue weighted by Crippen LogP contribution is -2.14. The van der Waals surface area contributed by atoms with Crippen LogP contribution < -0.4 is 10.6 Å². The molecule has 3 aromatic rings. The van der Waals surface area contributed by atoms with Gasteiger partial charge in [-0.2, -0.15) is 0 Å². The summed E-state index contributed by atoms with van der Waals surface area (Å²) in [5.74, 6) is -0.308. The number of aryl methyl sites for hydroxylation is 2. The first kappa shape index (κ1) is 16.5. The lowest BCUT2D eigenvalue weighted by atomic mass is 10.1. The van der Waals surface area contributed by atoms with E-state index in [1.165, 1.54) is 6.26 Å². The van der Waals surface area contributed by atoms with E-state index >= 15 is 0 Å². The average Bonchev–Trinajstić information content (AvgIpc) is 3.12. The molecule has 5 nitrogen and oxygen atoms in total. The number of anilines is 2. The Balaban J connectivity index is 1.77. The molecular formula is C20H18N2O3. The van der Waals surface area contributed by atoms with Gasteiger partial charge < -0.3 is 15.1 Å². The van der Waals surface area contributed by atoms with Gasteiger partial charge in [-0.15, -0.1) is 0 Å². The third-order valence-electron chi connectivity index (χ3n) is 3.77. The fourth-order valence-electron chi connectivity index (χ4n) is 2.42. The molecule has 2 amide bonds. The fraction of sp³-hybridized carbons (Fsp3) is 0.100. The molecule has 3 rings (SSSR count). The first-order valence-electron chi connectivity index (χ1n) is 7.86. The Bertz CT molecular complexity index is 914. The van der Waals surface area contributed by atoms with Crippen molar-refractivity contribution in [2.75, 3.05) is 10.6 Å². The molecule has 1 aromatic heterocycles. The highest BCUT2D eigenvalue weighted by Crippen LogP contribution is 2.22. The molecule has 0 saturated heterocycles. The van der Waals surface area contributed by atoms with Crippen LogP contribution in [0.3, 0.4) is 0 Å². The third kappa shape index (κ3) is 3.95. The summed E-state index contributed by atoms with van der Waals surface area (Å²) < 4.78 is 5.07. The van der Waals surface area contributed by atoms with Gasteiger partial charge in [0.25, 0.3) is 11.8 Å². The summed E-state index contributed by atoms with van der Waals surface area (Å²) in [5, 5.41) is 5.64. The van der Waals surface area contributed by atoms with Gasteiger partial charge in [-0.1, -0.05) is 23.8 Å². The molecule has 0 spiro atoms. The van der Waals surface area contributed by atoms with Crippen LogP contribution in [-0.4, -0.2) is 11.8 Å². The summed E-state index contributed by atoms with van der Waals surface area (Å²) in [6.45, 7) is 3.83. The van der Waals surface area contributed by atoms with Crippen molar-refractivity contribution >= 4 is 23.2 Å². The van der Waals surface area contributed by atoms with Crippen molar-refractivity contribution in [3.63, 3.8) is 0 Å². The molecule has 126 valence electrons. The Labute approximate surface area is 145 Å². The number of hydrogen-bond donors (Lipinski definition) is 2. The van der Waals surface area contributed by atoms with Gasteiger partial charge in [0.05, 0.1) is 6.26 Å². The van der Waals surface area contributed by atoms with Crippen molar-refractivity contribution in [2.24, 2.45) is 0 Å². The average molecular weight is 334 g/mol. The lowest BCUT2D eigenvalue weighted by molar-refractivity contribution is 0.0995. The molecule has 0 unspecified atom stereocenters. The van der Waals surface area contributed by atoms with Crippen molar-refractivity contribution in [3.8, 4) is 0 Å². The summed E-state index contributed by atoms with van der Waals surface area (Å²) in [6.07, 6.45) is 1.44. The van der Waals surface area contributed by atoms with Crippen LogP contribution in [0.4, 0.5) is 11.4 Å². The molecule has 0 aliphatic carbocycles. The van der Waals surface area contributed by atoms with Gasteiger partial charge >= 0.3 is 0 Å². The smallest absolute Gasteiger partial charge is 0.291 e. The third-order valence-corrected chi connectivity index (χ3v) is 3.77. The predicted octanol–water partition coefficient (Wildman–Crippen LogP) is 4.40. The first-order chi connectivity index (χ1) is 12.0. The number of carbonyl (C=O) groups is 2. The molecule has 0 bridgehead atoms. The van der Waals surface area contributed by atoms with Gasteiger partial charge in [0, 0.05) is 16.9 Å². The highest BCUT2D eigenvalue weighted by atomic mass is 16.3. The Morgan fingerprint density at radius 1 is 0.880 bits per heavy atom. The maximum absolute atomic E-state index is 12.4. The second kappa shape index (κ2) is 7.05. The van der Waals surface area contributed by atoms with Crippen LogP contribution in [0.5, 0.6) is 0 Å². The molecule has 25 heavy (non-hydrogen) atoms. The molecule has 2 aromatic carbocycles. The minimum absolute atomic E-state index is 0.193. The van der Waals surface area contributed by atoms with Gasteiger partial charge in [0.2, 0.25) is 0 Å². The van der Waals surface area contributed by atoms with Gasteiger partial charge in [-0.25, -0.2) is 0 Å². The minimum Gasteiger partial charge on any atom is -0.459 e. The van der Waals surface area contributed by atoms with Crippen molar-refractivity contribution in [2.45, 2.75) is 13.8 Å². The second-order valence-electron chi connectivity index (χ2n) is 5.78. The molecular weight excluding hydrogens is 316 g/mol. The number of amides is 2. The summed E-state index contributed by atoms with van der Waals surface area (Å²) in [4.78, 5) is 24.5. The van der Waals surface area contributed by atoms with E-state index in [1.807, 2.05) is 38.1 Å². The van der Waals surface area contributed by atoms with Crippen LogP contribution in [0, 0.1) is 13.8 Å². The van der Waals surface area contributed by atoms with E-state index in [0.717, 1.165) is 11.1 Å². The fourth-order valence-corrected chi connectivity index (χ4v) is 2.42. The van der Waals surface area contributed by atoms with Crippen molar-refractivity contribution in [1.29, 1.82) is 0 Å². The van der Waals surface area contributed by atoms with Crippen LogP contribution in [0.25, 0.3) is 0 Å². The highest BCUT2D eigenvalue weighted by Gasteiger charge is 2.12. The molecule has 5 heteroatoms. The quantitative estimate of drug-likeness (QED) is 0.743. The minimum atomic E-state index is -0.343. The van der Waals surface area contributed by atoms with Crippen LogP contribution in [0.15, 0.2) is 65.3 Å². The van der Waals surface area contributed by atoms with Crippen LogP contribution in [0.1, 0.15) is 32.0 Å². The van der Waals surface area contributed by atoms with E-state index in [2.05, 4.69) is 10.6 Å². The van der Waals surface area contributed by atoms with Gasteiger partial charge in [0.1, 0.15) is 0 Å². The Kier molecular flexibility index (Phi) is 4.66. The van der Waals surface area contributed by atoms with E-state index < -0.39 is 0 Å². The zero-order valence-corrected chi connectivity index (χ0v) is 14.0. The Morgan fingerprint density at radius 2 is 1.72 bits per heavy atom. The number of furan rings is 1. The van der Waals surface area contributed by atoms with E-state index in [4.69, 9.17) is 4.42 Å². The highest BCUT2D eigenvalue weighted by molar-refractivity contribution is 6.06. The van der Waals surface area contributed by atoms with E-state index in [9.17, 15) is 9.59 Å². The topological polar surface area (TPSA) is 71.3 Å². The summed E-state index contributed by atoms with van der Waals surface area (Å²) >= 11 is 0. The van der Waals surface area contributed by atoms with E-state index in [1.54, 1.807) is 30.3 Å². The molecule has 0 radical (unpaired) electrons. The van der Waals surface area contributed by atoms with Crippen LogP contribution in [-0.2, 0) is 0 Å². The van der Waals surface area contributed by atoms with Gasteiger partial charge in [-0.05, 0) is 55.8 Å². The zero-order chi connectivity index (χ0) is 17.8. The molecule has 0 aliphatic rings. The van der Waals surface area contributed by atoms with E-state index in [0.29, 0.717) is 16.9 Å². The standard InChI is InChI=1S/C20H18N2O3/c1-13-5-3-6-15(11-13)19(23)22-17-12-16(9-8-14(17)2)21-20(24)18-7-4-10-25-18/h3-12H,1-2H3,(H,21,24)(H,22,23). The molecule has 0 atom stereocenters. The molecule has 2 N–H and O–H groups in total. The Morgan fingerprint density at radius 3 is 2.44 bits per heavy atom. The number of rotatable bonds is 4. The molecule has 1 heterocycles. The molecule has 0 aliphatic heterocycles. The Hall–Kier alpha value is -3.34. The zero-order valence-electron chi connectivity index (χ0n) is 14.0. The number of carbonyl (C=O) groups excluding carboxylic acids is 2. The number of benzene rings is 2. The van der Waals surface area contributed by atoms with Crippen molar-refractivity contribution in [1.82, 2.24) is 0 Å². The molecule has 0 saturated carbocycles. The van der Waals surface area contributed by atoms with Crippen molar-refractivity contribution in [3.05, 3.63) is 83.3 Å². The first-order valence-corrected chi connectivity index (χ1v) is 7.86. The van der Waals surface area contributed by atoms with Crippen LogP contribution in [0.2, 0.25) is 0 Å². The van der Waals surface area contributed by atoms with E-state index in [-0.39, 0.29) is 17.6 Å². The molecule has 0 fully saturated rings. The normalized spacial score (nSPS) is 10.3. The SMILES string of the molecule is Cc1cccc(C(=O)Nc2cc(NC(=O)c3ccco3)ccc2C)c1. The largest absolute Gasteiger partial charge is 0.459 e. The number of nitrogens with one attached hydrogen (secondary N) is 2. The maximum atomic E-state index is 12.4. The number of hydrogen-bond acceptors (Lipinski definition) is 3. The summed E-state index contributed by atoms with van der Waals surface area (Å²) in [6, 6.07) is 15.9. The summed E-state index contributed by atoms with van der Waals surface area (Å²) in [5.41, 5.74) is 3.72. The monoisotopic (exact) mass is 334 g/mol. The van der Waals surface area contributed by atoms with Gasteiger partial charge in [0.15, 0.2) is 5.76 Å². The maximum Gasteiger partial charge on any atom is 0.291 e. The van der Waals surface area contributed by atoms with Crippen LogP contribution >= 0.6 is 0 Å². The van der Waals surface area contributed by atoms with Gasteiger partial charge in [-0.3, -0.25) is 9.59 Å². The van der Waals surface area contributed by atoms with Crippen molar-refractivity contribution < 1.29 is 14.0 Å². The lowest BCUT2D eigenvalue weighted by Gasteiger charge is -2.11. The summed E-state index contributed by atoms with van der Waals surface area (Å²) in [7, 11) is 0. The second-order valence-corrected chi connectivity index (χ2v) is 5.78. The predicted molar refractivity (Wildman–Crippen MR) is 97.0 cm³/mol.